The molecule has 36 heavy (non-hydrogen) atoms. The molecule has 3 amide bonds. The average molecular weight is 489 g/mol. The molecule has 0 fully saturated rings. The number of hydrazone groups is 1. The van der Waals surface area contributed by atoms with Gasteiger partial charge >= 0.3 is 11.8 Å². The number of methoxy groups -OCH3 is 2. The molecule has 0 aliphatic carbocycles. The molecule has 4 rings (SSSR count). The fourth-order valence-electron chi connectivity index (χ4n) is 3.54. The summed E-state index contributed by atoms with van der Waals surface area (Å²) in [5, 5.41) is 10.9. The second-order valence-corrected chi connectivity index (χ2v) is 7.84. The monoisotopic (exact) mass is 488 g/mol. The van der Waals surface area contributed by atoms with Gasteiger partial charge in [0, 0.05) is 28.2 Å². The second-order valence-electron chi connectivity index (χ2n) is 7.84. The number of carbonyl (C=O) groups is 3. The first-order valence-corrected chi connectivity index (χ1v) is 11.0. The van der Waals surface area contributed by atoms with E-state index in [1.165, 1.54) is 14.2 Å². The van der Waals surface area contributed by atoms with Crippen molar-refractivity contribution in [2.45, 2.75) is 13.3 Å². The Bertz CT molecular complexity index is 1470. The number of anilines is 2. The normalized spacial score (nSPS) is 11.2. The minimum absolute atomic E-state index is 0.123. The zero-order valence-corrected chi connectivity index (χ0v) is 19.9. The van der Waals surface area contributed by atoms with Crippen LogP contribution in [0.25, 0.3) is 21.9 Å². The summed E-state index contributed by atoms with van der Waals surface area (Å²) in [6.45, 7) is 1.56. The van der Waals surface area contributed by atoms with Gasteiger partial charge in [0.2, 0.25) is 5.91 Å². The van der Waals surface area contributed by atoms with Gasteiger partial charge in [-0.15, -0.1) is 0 Å². The Morgan fingerprint density at radius 3 is 2.33 bits per heavy atom. The molecule has 0 spiro atoms. The maximum absolute atomic E-state index is 12.6. The van der Waals surface area contributed by atoms with Crippen molar-refractivity contribution in [3.63, 3.8) is 0 Å². The van der Waals surface area contributed by atoms with Crippen LogP contribution in [0.4, 0.5) is 11.4 Å². The summed E-state index contributed by atoms with van der Waals surface area (Å²) in [6, 6.07) is 17.6. The van der Waals surface area contributed by atoms with Gasteiger partial charge in [-0.25, -0.2) is 5.43 Å². The van der Waals surface area contributed by atoms with Crippen LogP contribution in [-0.2, 0) is 14.4 Å². The molecule has 0 bridgehead atoms. The van der Waals surface area contributed by atoms with Crippen molar-refractivity contribution in [1.29, 1.82) is 0 Å². The predicted molar refractivity (Wildman–Crippen MR) is 136 cm³/mol. The van der Waals surface area contributed by atoms with Crippen LogP contribution in [0.15, 0.2) is 70.2 Å². The van der Waals surface area contributed by atoms with Crippen LogP contribution in [-0.4, -0.2) is 37.7 Å². The Hall–Kier alpha value is -4.86. The molecular formula is C26H24N4O6. The van der Waals surface area contributed by atoms with E-state index < -0.39 is 11.8 Å². The number of ether oxygens (including phenoxy) is 2. The molecule has 10 nitrogen and oxygen atoms in total. The van der Waals surface area contributed by atoms with Gasteiger partial charge in [0.05, 0.1) is 26.3 Å². The molecule has 0 atom stereocenters. The van der Waals surface area contributed by atoms with E-state index in [0.29, 0.717) is 34.2 Å². The molecule has 0 radical (unpaired) electrons. The van der Waals surface area contributed by atoms with E-state index in [-0.39, 0.29) is 12.3 Å². The van der Waals surface area contributed by atoms with Crippen molar-refractivity contribution in [2.24, 2.45) is 5.10 Å². The lowest BCUT2D eigenvalue weighted by Crippen LogP contribution is -2.33. The Labute approximate surface area is 206 Å². The number of benzene rings is 3. The lowest BCUT2D eigenvalue weighted by molar-refractivity contribution is -0.136. The van der Waals surface area contributed by atoms with E-state index in [2.05, 4.69) is 21.2 Å². The molecule has 0 saturated carbocycles. The SMILES string of the molecule is COc1ccc(NC(=O)C(=O)N/N=C(\C)CC(=O)Nc2cc3oc4ccccc4c3cc2OC)cc1. The Morgan fingerprint density at radius 1 is 0.861 bits per heavy atom. The highest BCUT2D eigenvalue weighted by atomic mass is 16.5. The molecule has 3 aromatic carbocycles. The number of nitrogens with one attached hydrogen (secondary N) is 3. The summed E-state index contributed by atoms with van der Waals surface area (Å²) in [5.41, 5.74) is 4.63. The van der Waals surface area contributed by atoms with E-state index in [1.807, 2.05) is 24.3 Å². The number of furan rings is 1. The maximum Gasteiger partial charge on any atom is 0.329 e. The molecule has 10 heteroatoms. The zero-order chi connectivity index (χ0) is 25.7. The Balaban J connectivity index is 1.36. The van der Waals surface area contributed by atoms with Gasteiger partial charge in [-0.2, -0.15) is 5.10 Å². The van der Waals surface area contributed by atoms with Crippen LogP contribution in [0.5, 0.6) is 11.5 Å². The molecule has 0 aliphatic rings. The molecule has 0 aliphatic heterocycles. The highest BCUT2D eigenvalue weighted by molar-refractivity contribution is 6.39. The molecule has 184 valence electrons. The van der Waals surface area contributed by atoms with Crippen molar-refractivity contribution in [2.75, 3.05) is 24.9 Å². The number of hydrogen-bond donors (Lipinski definition) is 3. The quantitative estimate of drug-likeness (QED) is 0.204. The number of para-hydroxylation sites is 1. The lowest BCUT2D eigenvalue weighted by Gasteiger charge is -2.10. The number of amides is 3. The van der Waals surface area contributed by atoms with E-state index in [4.69, 9.17) is 13.9 Å². The number of nitrogens with zero attached hydrogens (tertiary/aromatic N) is 1. The molecular weight excluding hydrogens is 464 g/mol. The van der Waals surface area contributed by atoms with Crippen LogP contribution in [0, 0.1) is 0 Å². The van der Waals surface area contributed by atoms with Crippen LogP contribution in [0.1, 0.15) is 13.3 Å². The number of rotatable bonds is 7. The largest absolute Gasteiger partial charge is 0.497 e. The molecule has 0 unspecified atom stereocenters. The Kier molecular flexibility index (Phi) is 7.15. The van der Waals surface area contributed by atoms with Crippen molar-refractivity contribution < 1.29 is 28.3 Å². The van der Waals surface area contributed by atoms with E-state index >= 15 is 0 Å². The minimum atomic E-state index is -0.970. The topological polar surface area (TPSA) is 131 Å². The van der Waals surface area contributed by atoms with E-state index in [1.54, 1.807) is 43.3 Å². The zero-order valence-electron chi connectivity index (χ0n) is 19.9. The summed E-state index contributed by atoms with van der Waals surface area (Å²) in [7, 11) is 3.04. The Morgan fingerprint density at radius 2 is 1.61 bits per heavy atom. The van der Waals surface area contributed by atoms with Gasteiger partial charge in [-0.1, -0.05) is 18.2 Å². The third-order valence-corrected chi connectivity index (χ3v) is 5.29. The van der Waals surface area contributed by atoms with Crippen LogP contribution >= 0.6 is 0 Å². The summed E-state index contributed by atoms with van der Waals surface area (Å²) < 4.78 is 16.4. The average Bonchev–Trinajstić information content (AvgIpc) is 3.24. The maximum atomic E-state index is 12.6. The van der Waals surface area contributed by atoms with Gasteiger partial charge in [0.25, 0.3) is 0 Å². The number of hydrogen-bond acceptors (Lipinski definition) is 7. The first-order chi connectivity index (χ1) is 17.4. The van der Waals surface area contributed by atoms with E-state index in [9.17, 15) is 14.4 Å². The smallest absolute Gasteiger partial charge is 0.329 e. The van der Waals surface area contributed by atoms with E-state index in [0.717, 1.165) is 16.4 Å². The minimum Gasteiger partial charge on any atom is -0.497 e. The highest BCUT2D eigenvalue weighted by Crippen LogP contribution is 2.36. The van der Waals surface area contributed by atoms with Gasteiger partial charge in [0.15, 0.2) is 0 Å². The number of fused-ring (bicyclic) bond motifs is 3. The fraction of sp³-hybridized carbons (Fsp3) is 0.154. The summed E-state index contributed by atoms with van der Waals surface area (Å²) in [6.07, 6.45) is -0.123. The first-order valence-electron chi connectivity index (χ1n) is 11.0. The molecule has 3 N–H and O–H groups in total. The van der Waals surface area contributed by atoms with Gasteiger partial charge in [-0.3, -0.25) is 14.4 Å². The fourth-order valence-corrected chi connectivity index (χ4v) is 3.54. The van der Waals surface area contributed by atoms with Crippen molar-refractivity contribution in [3.8, 4) is 11.5 Å². The molecule has 1 heterocycles. The third-order valence-electron chi connectivity index (χ3n) is 5.29. The lowest BCUT2D eigenvalue weighted by atomic mass is 10.1. The highest BCUT2D eigenvalue weighted by Gasteiger charge is 2.16. The second kappa shape index (κ2) is 10.6. The molecule has 4 aromatic rings. The standard InChI is InChI=1S/C26H24N4O6/c1-15(29-30-26(33)25(32)27-16-8-10-17(34-2)11-9-16)12-24(31)28-20-14-22-19(13-23(20)35-3)18-6-4-5-7-21(18)36-22/h4-11,13-14H,12H2,1-3H3,(H,27,32)(H,28,31)(H,30,33)/b29-15+. The first kappa shape index (κ1) is 24.3. The molecule has 0 saturated heterocycles. The number of carbonyl (C=O) groups excluding carboxylic acids is 3. The van der Waals surface area contributed by atoms with Crippen LogP contribution in [0.3, 0.4) is 0 Å². The summed E-state index contributed by atoms with van der Waals surface area (Å²) in [4.78, 5) is 36.7. The van der Waals surface area contributed by atoms with Crippen LogP contribution < -0.4 is 25.5 Å². The van der Waals surface area contributed by atoms with Crippen LogP contribution in [0.2, 0.25) is 0 Å². The summed E-state index contributed by atoms with van der Waals surface area (Å²) >= 11 is 0. The van der Waals surface area contributed by atoms with Gasteiger partial charge in [0.1, 0.15) is 22.7 Å². The van der Waals surface area contributed by atoms with Crippen molar-refractivity contribution in [3.05, 3.63) is 60.7 Å². The predicted octanol–water partition coefficient (Wildman–Crippen LogP) is 4.06. The van der Waals surface area contributed by atoms with Gasteiger partial charge < -0.3 is 24.5 Å². The van der Waals surface area contributed by atoms with Crippen molar-refractivity contribution in [1.82, 2.24) is 5.43 Å². The van der Waals surface area contributed by atoms with Gasteiger partial charge in [-0.05, 0) is 43.3 Å². The molecule has 1 aromatic heterocycles. The summed E-state index contributed by atoms with van der Waals surface area (Å²) in [5.74, 6) is -1.17. The third kappa shape index (κ3) is 5.44. The van der Waals surface area contributed by atoms with Crippen molar-refractivity contribution >= 4 is 56.7 Å².